The van der Waals surface area contributed by atoms with Crippen molar-refractivity contribution in [3.8, 4) is 11.5 Å². The van der Waals surface area contributed by atoms with Crippen molar-refractivity contribution >= 4 is 11.8 Å². The number of aromatic nitrogens is 1. The van der Waals surface area contributed by atoms with Crippen LogP contribution in [-0.2, 0) is 11.3 Å². The maximum absolute atomic E-state index is 13.4. The van der Waals surface area contributed by atoms with Crippen molar-refractivity contribution < 1.29 is 19.1 Å². The summed E-state index contributed by atoms with van der Waals surface area (Å²) in [5.41, 5.74) is 1.37. The van der Waals surface area contributed by atoms with Crippen LogP contribution in [0.3, 0.4) is 0 Å². The fourth-order valence-corrected chi connectivity index (χ4v) is 5.23. The zero-order valence-corrected chi connectivity index (χ0v) is 18.8. The monoisotopic (exact) mass is 437 g/mol. The molecule has 170 valence electrons. The van der Waals surface area contributed by atoms with Crippen molar-refractivity contribution in [3.63, 3.8) is 0 Å². The van der Waals surface area contributed by atoms with Gasteiger partial charge in [-0.25, -0.2) is 0 Å². The first kappa shape index (κ1) is 22.1. The Labute approximate surface area is 189 Å². The summed E-state index contributed by atoms with van der Waals surface area (Å²) in [6.45, 7) is 1.46. The predicted octanol–water partition coefficient (Wildman–Crippen LogP) is 3.44. The number of amides is 2. The van der Waals surface area contributed by atoms with Gasteiger partial charge in [-0.1, -0.05) is 19.3 Å². The van der Waals surface area contributed by atoms with E-state index in [0.717, 1.165) is 31.2 Å². The molecule has 2 amide bonds. The summed E-state index contributed by atoms with van der Waals surface area (Å²) in [5.74, 6) is 1.16. The maximum atomic E-state index is 13.4. The second-order valence-corrected chi connectivity index (χ2v) is 8.79. The first-order valence-electron chi connectivity index (χ1n) is 11.2. The normalized spacial score (nSPS) is 19.6. The Bertz CT molecular complexity index is 957. The quantitative estimate of drug-likeness (QED) is 0.749. The summed E-state index contributed by atoms with van der Waals surface area (Å²) in [5, 5.41) is 3.12. The van der Waals surface area contributed by atoms with E-state index in [9.17, 15) is 9.59 Å². The zero-order valence-electron chi connectivity index (χ0n) is 18.8. The minimum Gasteiger partial charge on any atom is -0.497 e. The molecule has 1 aliphatic carbocycles. The second-order valence-electron chi connectivity index (χ2n) is 8.79. The Morgan fingerprint density at radius 2 is 1.84 bits per heavy atom. The van der Waals surface area contributed by atoms with Crippen molar-refractivity contribution in [2.24, 2.45) is 11.3 Å². The number of carbonyl (C=O) groups is 2. The van der Waals surface area contributed by atoms with E-state index in [4.69, 9.17) is 9.47 Å². The zero-order chi connectivity index (χ0) is 22.6. The fraction of sp³-hybridized carbons (Fsp3) is 0.480. The van der Waals surface area contributed by atoms with Crippen LogP contribution < -0.4 is 14.8 Å². The minimum absolute atomic E-state index is 0.00907. The number of nitrogens with zero attached hydrogens (tertiary/aromatic N) is 2. The molecule has 2 aromatic rings. The average Bonchev–Trinajstić information content (AvgIpc) is 3.21. The molecule has 1 spiro atoms. The van der Waals surface area contributed by atoms with Crippen molar-refractivity contribution in [2.45, 2.75) is 38.6 Å². The minimum atomic E-state index is -0.210. The third-order valence-electron chi connectivity index (χ3n) is 6.98. The van der Waals surface area contributed by atoms with E-state index in [1.165, 1.54) is 6.42 Å². The van der Waals surface area contributed by atoms with Crippen molar-refractivity contribution in [2.75, 3.05) is 27.3 Å². The Morgan fingerprint density at radius 1 is 1.09 bits per heavy atom. The molecular weight excluding hydrogens is 406 g/mol. The van der Waals surface area contributed by atoms with E-state index in [0.29, 0.717) is 36.7 Å². The van der Waals surface area contributed by atoms with E-state index < -0.39 is 0 Å². The molecule has 0 radical (unpaired) electrons. The molecule has 1 N–H and O–H groups in total. The molecule has 2 aliphatic rings. The summed E-state index contributed by atoms with van der Waals surface area (Å²) < 4.78 is 10.7. The van der Waals surface area contributed by atoms with Gasteiger partial charge in [0.25, 0.3) is 5.91 Å². The standard InChI is InChI=1S/C25H31N3O4/c1-31-20-7-6-19(22(14-20)32-2)15-27-23(29)21-16-28(17-25(21)10-4-3-5-11-25)24(30)18-8-12-26-13-9-18/h6-9,12-14,21H,3-5,10-11,15-17H2,1-2H3,(H,27,29)/t21-/m1/s1. The highest BCUT2D eigenvalue weighted by Gasteiger charge is 2.51. The number of hydrogen-bond acceptors (Lipinski definition) is 5. The Hall–Kier alpha value is -3.09. The molecule has 1 saturated heterocycles. The van der Waals surface area contributed by atoms with Gasteiger partial charge in [0.05, 0.1) is 20.1 Å². The largest absolute Gasteiger partial charge is 0.497 e. The number of hydrogen-bond donors (Lipinski definition) is 1. The van der Waals surface area contributed by atoms with Crippen LogP contribution in [0, 0.1) is 11.3 Å². The summed E-state index contributed by atoms with van der Waals surface area (Å²) in [6.07, 6.45) is 8.63. The molecule has 2 fully saturated rings. The third-order valence-corrected chi connectivity index (χ3v) is 6.98. The van der Waals surface area contributed by atoms with Crippen molar-refractivity contribution in [3.05, 3.63) is 53.9 Å². The van der Waals surface area contributed by atoms with Crippen LogP contribution >= 0.6 is 0 Å². The number of nitrogens with one attached hydrogen (secondary N) is 1. The first-order valence-corrected chi connectivity index (χ1v) is 11.2. The van der Waals surface area contributed by atoms with Gasteiger partial charge in [0.1, 0.15) is 11.5 Å². The van der Waals surface area contributed by atoms with Crippen LogP contribution in [0.2, 0.25) is 0 Å². The molecule has 7 heteroatoms. The van der Waals surface area contributed by atoms with Gasteiger partial charge < -0.3 is 19.7 Å². The average molecular weight is 438 g/mol. The maximum Gasteiger partial charge on any atom is 0.254 e. The third kappa shape index (κ3) is 4.42. The summed E-state index contributed by atoms with van der Waals surface area (Å²) in [4.78, 5) is 32.4. The van der Waals surface area contributed by atoms with E-state index >= 15 is 0 Å². The highest BCUT2D eigenvalue weighted by Crippen LogP contribution is 2.48. The topological polar surface area (TPSA) is 80.8 Å². The molecule has 1 atom stereocenters. The number of carbonyl (C=O) groups excluding carboxylic acids is 2. The summed E-state index contributed by atoms with van der Waals surface area (Å²) in [7, 11) is 3.22. The number of methoxy groups -OCH3 is 2. The van der Waals surface area contributed by atoms with Gasteiger partial charge in [-0.2, -0.15) is 0 Å². The molecule has 1 aromatic heterocycles. The van der Waals surface area contributed by atoms with Crippen LogP contribution in [0.1, 0.15) is 48.0 Å². The Morgan fingerprint density at radius 3 is 2.53 bits per heavy atom. The number of pyridine rings is 1. The van der Waals surface area contributed by atoms with Gasteiger partial charge in [-0.05, 0) is 37.1 Å². The lowest BCUT2D eigenvalue weighted by Crippen LogP contribution is -2.42. The SMILES string of the molecule is COc1ccc(CNC(=O)[C@H]2CN(C(=O)c3ccncc3)CC23CCCCC3)c(OC)c1. The van der Waals surface area contributed by atoms with Crippen LogP contribution in [0.25, 0.3) is 0 Å². The lowest BCUT2D eigenvalue weighted by molar-refractivity contribution is -0.128. The van der Waals surface area contributed by atoms with Crippen LogP contribution in [0.4, 0.5) is 0 Å². The van der Waals surface area contributed by atoms with Crippen LogP contribution in [0.15, 0.2) is 42.7 Å². The number of rotatable bonds is 6. The highest BCUT2D eigenvalue weighted by atomic mass is 16.5. The Kier molecular flexibility index (Phi) is 6.63. The number of likely N-dealkylation sites (tertiary alicyclic amines) is 1. The molecule has 1 aliphatic heterocycles. The van der Waals surface area contributed by atoms with E-state index in [1.54, 1.807) is 38.7 Å². The molecule has 1 aromatic carbocycles. The highest BCUT2D eigenvalue weighted by molar-refractivity contribution is 5.95. The van der Waals surface area contributed by atoms with E-state index in [2.05, 4.69) is 10.3 Å². The van der Waals surface area contributed by atoms with Crippen molar-refractivity contribution in [1.82, 2.24) is 15.2 Å². The molecule has 1 saturated carbocycles. The van der Waals surface area contributed by atoms with Crippen molar-refractivity contribution in [1.29, 1.82) is 0 Å². The lowest BCUT2D eigenvalue weighted by Gasteiger charge is -2.37. The van der Waals surface area contributed by atoms with Gasteiger partial charge in [-0.15, -0.1) is 0 Å². The molecule has 32 heavy (non-hydrogen) atoms. The lowest BCUT2D eigenvalue weighted by atomic mass is 9.67. The molecule has 7 nitrogen and oxygen atoms in total. The van der Waals surface area contributed by atoms with E-state index in [-0.39, 0.29) is 23.1 Å². The smallest absolute Gasteiger partial charge is 0.254 e. The summed E-state index contributed by atoms with van der Waals surface area (Å²) >= 11 is 0. The van der Waals surface area contributed by atoms with Gasteiger partial charge in [0.15, 0.2) is 0 Å². The summed E-state index contributed by atoms with van der Waals surface area (Å²) in [6, 6.07) is 9.05. The van der Waals surface area contributed by atoms with Gasteiger partial charge in [0, 0.05) is 54.6 Å². The number of benzene rings is 1. The number of ether oxygens (including phenoxy) is 2. The Balaban J connectivity index is 1.50. The van der Waals surface area contributed by atoms with Gasteiger partial charge in [-0.3, -0.25) is 14.6 Å². The van der Waals surface area contributed by atoms with Gasteiger partial charge in [0.2, 0.25) is 5.91 Å². The molecule has 2 heterocycles. The molecule has 0 bridgehead atoms. The fourth-order valence-electron chi connectivity index (χ4n) is 5.23. The van der Waals surface area contributed by atoms with Gasteiger partial charge >= 0.3 is 0 Å². The first-order chi connectivity index (χ1) is 15.6. The predicted molar refractivity (Wildman–Crippen MR) is 121 cm³/mol. The molecule has 4 rings (SSSR count). The van der Waals surface area contributed by atoms with E-state index in [1.807, 2.05) is 23.1 Å². The van der Waals surface area contributed by atoms with Crippen LogP contribution in [0.5, 0.6) is 11.5 Å². The second kappa shape index (κ2) is 9.59. The molecular formula is C25H31N3O4. The van der Waals surface area contributed by atoms with Crippen LogP contribution in [-0.4, -0.2) is 49.0 Å². The molecule has 0 unspecified atom stereocenters.